The van der Waals surface area contributed by atoms with Crippen LogP contribution < -0.4 is 4.90 Å². The third-order valence-electron chi connectivity index (χ3n) is 5.04. The van der Waals surface area contributed by atoms with Crippen molar-refractivity contribution in [2.75, 3.05) is 30.0 Å². The molecular formula is C17H22N2O5S. The van der Waals surface area contributed by atoms with Crippen molar-refractivity contribution in [2.45, 2.75) is 25.3 Å². The van der Waals surface area contributed by atoms with Crippen LogP contribution in [0.3, 0.4) is 0 Å². The monoisotopic (exact) mass is 366 g/mol. The SMILES string of the molecule is CN(C(=O)[C@@H]1CC(=O)N(c2cccc(O)c2)C1)C1CCS(=O)(=O)CC1. The van der Waals surface area contributed by atoms with Crippen molar-refractivity contribution in [3.8, 4) is 5.75 Å². The van der Waals surface area contributed by atoms with E-state index in [9.17, 15) is 23.1 Å². The van der Waals surface area contributed by atoms with Crippen LogP contribution in [0.5, 0.6) is 5.75 Å². The van der Waals surface area contributed by atoms with Gasteiger partial charge in [-0.25, -0.2) is 8.42 Å². The minimum atomic E-state index is -2.98. The number of nitrogens with zero attached hydrogens (tertiary/aromatic N) is 2. The number of anilines is 1. The number of rotatable bonds is 3. The second kappa shape index (κ2) is 6.67. The number of carbonyl (C=O) groups excluding carboxylic acids is 2. The maximum atomic E-state index is 12.7. The molecule has 8 heteroatoms. The lowest BCUT2D eigenvalue weighted by Gasteiger charge is -2.32. The zero-order valence-electron chi connectivity index (χ0n) is 14.1. The van der Waals surface area contributed by atoms with Crippen molar-refractivity contribution in [1.29, 1.82) is 0 Å². The summed E-state index contributed by atoms with van der Waals surface area (Å²) in [6, 6.07) is 6.31. The van der Waals surface area contributed by atoms with Gasteiger partial charge in [0.2, 0.25) is 11.8 Å². The fourth-order valence-electron chi connectivity index (χ4n) is 3.52. The summed E-state index contributed by atoms with van der Waals surface area (Å²) in [5, 5.41) is 9.57. The second-order valence-corrected chi connectivity index (χ2v) is 9.06. The van der Waals surface area contributed by atoms with Crippen LogP contribution >= 0.6 is 0 Å². The molecule has 0 saturated carbocycles. The maximum absolute atomic E-state index is 12.7. The number of phenolic OH excluding ortho intramolecular Hbond substituents is 1. The summed E-state index contributed by atoms with van der Waals surface area (Å²) in [5.41, 5.74) is 0.576. The second-order valence-electron chi connectivity index (χ2n) is 6.76. The molecule has 1 aromatic carbocycles. The van der Waals surface area contributed by atoms with Gasteiger partial charge >= 0.3 is 0 Å². The van der Waals surface area contributed by atoms with Crippen LogP contribution in [0.1, 0.15) is 19.3 Å². The molecule has 0 aromatic heterocycles. The first kappa shape index (κ1) is 17.7. The number of carbonyl (C=O) groups is 2. The summed E-state index contributed by atoms with van der Waals surface area (Å²) < 4.78 is 23.1. The zero-order valence-corrected chi connectivity index (χ0v) is 14.9. The number of hydrogen-bond donors (Lipinski definition) is 1. The summed E-state index contributed by atoms with van der Waals surface area (Å²) in [7, 11) is -1.29. The molecule has 2 fully saturated rings. The first-order valence-electron chi connectivity index (χ1n) is 8.33. The Morgan fingerprint density at radius 3 is 2.60 bits per heavy atom. The van der Waals surface area contributed by atoms with E-state index in [4.69, 9.17) is 0 Å². The van der Waals surface area contributed by atoms with Gasteiger partial charge in [0.15, 0.2) is 0 Å². The summed E-state index contributed by atoms with van der Waals surface area (Å²) in [6.45, 7) is 0.274. The first-order valence-corrected chi connectivity index (χ1v) is 10.2. The van der Waals surface area contributed by atoms with Crippen LogP contribution in [0.4, 0.5) is 5.69 Å². The fourth-order valence-corrected chi connectivity index (χ4v) is 4.98. The molecule has 1 N–H and O–H groups in total. The molecule has 2 heterocycles. The molecule has 136 valence electrons. The van der Waals surface area contributed by atoms with E-state index in [0.717, 1.165) is 0 Å². The lowest BCUT2D eigenvalue weighted by molar-refractivity contribution is -0.136. The van der Waals surface area contributed by atoms with Gasteiger partial charge in [0, 0.05) is 37.8 Å². The first-order chi connectivity index (χ1) is 11.8. The van der Waals surface area contributed by atoms with Crippen LogP contribution in [0, 0.1) is 5.92 Å². The largest absolute Gasteiger partial charge is 0.508 e. The van der Waals surface area contributed by atoms with E-state index in [-0.39, 0.29) is 48.1 Å². The molecule has 1 aromatic rings. The van der Waals surface area contributed by atoms with Gasteiger partial charge in [-0.2, -0.15) is 0 Å². The summed E-state index contributed by atoms with van der Waals surface area (Å²) >= 11 is 0. The Morgan fingerprint density at radius 2 is 1.96 bits per heavy atom. The Bertz CT molecular complexity index is 778. The Labute approximate surface area is 147 Å². The lowest BCUT2D eigenvalue weighted by Crippen LogP contribution is -2.45. The molecule has 7 nitrogen and oxygen atoms in total. The Balaban J connectivity index is 1.66. The molecule has 2 aliphatic heterocycles. The van der Waals surface area contributed by atoms with E-state index in [0.29, 0.717) is 18.5 Å². The van der Waals surface area contributed by atoms with Crippen LogP contribution in [-0.2, 0) is 19.4 Å². The van der Waals surface area contributed by atoms with E-state index in [1.54, 1.807) is 24.1 Å². The van der Waals surface area contributed by atoms with Crippen LogP contribution in [0.15, 0.2) is 24.3 Å². The van der Waals surface area contributed by atoms with E-state index in [1.165, 1.54) is 17.0 Å². The van der Waals surface area contributed by atoms with E-state index in [2.05, 4.69) is 0 Å². The Hall–Kier alpha value is -2.09. The van der Waals surface area contributed by atoms with Crippen LogP contribution in [-0.4, -0.2) is 61.4 Å². The van der Waals surface area contributed by atoms with Crippen molar-refractivity contribution in [2.24, 2.45) is 5.92 Å². The highest BCUT2D eigenvalue weighted by molar-refractivity contribution is 7.91. The smallest absolute Gasteiger partial charge is 0.228 e. The molecule has 0 spiro atoms. The molecule has 3 rings (SSSR count). The molecule has 2 aliphatic rings. The lowest BCUT2D eigenvalue weighted by atomic mass is 10.0. The number of phenols is 1. The van der Waals surface area contributed by atoms with E-state index < -0.39 is 15.8 Å². The van der Waals surface area contributed by atoms with Gasteiger partial charge in [0.1, 0.15) is 15.6 Å². The number of benzene rings is 1. The highest BCUT2D eigenvalue weighted by atomic mass is 32.2. The normalized spacial score (nSPS) is 23.6. The van der Waals surface area contributed by atoms with Crippen molar-refractivity contribution >= 4 is 27.3 Å². The van der Waals surface area contributed by atoms with Gasteiger partial charge in [-0.05, 0) is 25.0 Å². The summed E-state index contributed by atoms with van der Waals surface area (Å²) in [5.74, 6) is -0.439. The summed E-state index contributed by atoms with van der Waals surface area (Å²) in [6.07, 6.45) is 1.02. The predicted octanol–water partition coefficient (Wildman–Crippen LogP) is 0.781. The average molecular weight is 366 g/mol. The molecular weight excluding hydrogens is 344 g/mol. The summed E-state index contributed by atoms with van der Waals surface area (Å²) in [4.78, 5) is 28.1. The van der Waals surface area contributed by atoms with Crippen molar-refractivity contribution in [3.63, 3.8) is 0 Å². The van der Waals surface area contributed by atoms with E-state index >= 15 is 0 Å². The molecule has 0 radical (unpaired) electrons. The van der Waals surface area contributed by atoms with Crippen molar-refractivity contribution in [1.82, 2.24) is 4.90 Å². The quantitative estimate of drug-likeness (QED) is 0.853. The highest BCUT2D eigenvalue weighted by Crippen LogP contribution is 2.29. The van der Waals surface area contributed by atoms with Crippen molar-refractivity contribution < 1.29 is 23.1 Å². The van der Waals surface area contributed by atoms with Gasteiger partial charge in [0.05, 0.1) is 17.4 Å². The van der Waals surface area contributed by atoms with Gasteiger partial charge < -0.3 is 14.9 Å². The number of hydrogen-bond acceptors (Lipinski definition) is 5. The van der Waals surface area contributed by atoms with Gasteiger partial charge in [-0.3, -0.25) is 9.59 Å². The minimum Gasteiger partial charge on any atom is -0.508 e. The van der Waals surface area contributed by atoms with E-state index in [1.807, 2.05) is 0 Å². The average Bonchev–Trinajstić information content (AvgIpc) is 2.95. The molecule has 1 atom stereocenters. The number of sulfone groups is 1. The Morgan fingerprint density at radius 1 is 1.28 bits per heavy atom. The molecule has 2 amide bonds. The molecule has 25 heavy (non-hydrogen) atoms. The van der Waals surface area contributed by atoms with Crippen LogP contribution in [0.2, 0.25) is 0 Å². The fraction of sp³-hybridized carbons (Fsp3) is 0.529. The third kappa shape index (κ3) is 3.78. The molecule has 0 unspecified atom stereocenters. The van der Waals surface area contributed by atoms with Gasteiger partial charge in [-0.1, -0.05) is 6.07 Å². The Kier molecular flexibility index (Phi) is 4.73. The predicted molar refractivity (Wildman–Crippen MR) is 93.0 cm³/mol. The third-order valence-corrected chi connectivity index (χ3v) is 6.75. The minimum absolute atomic E-state index is 0.0700. The molecule has 0 aliphatic carbocycles. The topological polar surface area (TPSA) is 95.0 Å². The standard InChI is InChI=1S/C17H22N2O5S/c1-18(13-5-7-25(23,24)8-6-13)17(22)12-9-16(21)19(11-12)14-3-2-4-15(20)10-14/h2-4,10,12-13,20H,5-9,11H2,1H3/t12-/m1/s1. The molecule has 2 saturated heterocycles. The highest BCUT2D eigenvalue weighted by Gasteiger charge is 2.38. The number of amides is 2. The molecule has 0 bridgehead atoms. The van der Waals surface area contributed by atoms with Gasteiger partial charge in [-0.15, -0.1) is 0 Å². The zero-order chi connectivity index (χ0) is 18.2. The van der Waals surface area contributed by atoms with Crippen LogP contribution in [0.25, 0.3) is 0 Å². The van der Waals surface area contributed by atoms with Crippen molar-refractivity contribution in [3.05, 3.63) is 24.3 Å². The van der Waals surface area contributed by atoms with Gasteiger partial charge in [0.25, 0.3) is 0 Å². The maximum Gasteiger partial charge on any atom is 0.228 e. The number of aromatic hydroxyl groups is 1.